The molecule has 0 bridgehead atoms. The van der Waals surface area contributed by atoms with Crippen molar-refractivity contribution in [2.45, 2.75) is 12.8 Å². The Hall–Kier alpha value is -1.46. The van der Waals surface area contributed by atoms with Gasteiger partial charge in [0.2, 0.25) is 5.91 Å². The van der Waals surface area contributed by atoms with Crippen LogP contribution in [0.4, 0.5) is 10.5 Å². The smallest absolute Gasteiger partial charge is 0.406 e. The van der Waals surface area contributed by atoms with E-state index in [1.165, 1.54) is 7.11 Å². The van der Waals surface area contributed by atoms with Crippen molar-refractivity contribution >= 4 is 40.9 Å². The van der Waals surface area contributed by atoms with Gasteiger partial charge in [0.1, 0.15) is 0 Å². The number of nitrogens with one attached hydrogen (secondary N) is 2. The quantitative estimate of drug-likeness (QED) is 0.822. The molecule has 7 heteroatoms. The summed E-state index contributed by atoms with van der Waals surface area (Å²) in [5, 5.41) is 6.05. The number of methoxy groups -OCH3 is 1. The Morgan fingerprint density at radius 3 is 2.74 bits per heavy atom. The minimum Gasteiger partial charge on any atom is -0.453 e. The average Bonchev–Trinajstić information content (AvgIpc) is 2.38. The number of halogens is 2. The van der Waals surface area contributed by atoms with Gasteiger partial charge in [0.25, 0.3) is 0 Å². The fraction of sp³-hybridized carbons (Fsp3) is 0.333. The van der Waals surface area contributed by atoms with E-state index in [-0.39, 0.29) is 12.3 Å². The van der Waals surface area contributed by atoms with Crippen LogP contribution in [0.1, 0.15) is 12.8 Å². The van der Waals surface area contributed by atoms with Crippen LogP contribution in [0.15, 0.2) is 18.2 Å². The minimum atomic E-state index is -0.515. The lowest BCUT2D eigenvalue weighted by molar-refractivity contribution is -0.116. The average molecular weight is 305 g/mol. The van der Waals surface area contributed by atoms with Crippen LogP contribution in [0.5, 0.6) is 0 Å². The third kappa shape index (κ3) is 5.81. The van der Waals surface area contributed by atoms with Crippen LogP contribution in [-0.4, -0.2) is 25.7 Å². The third-order valence-corrected chi connectivity index (χ3v) is 2.80. The van der Waals surface area contributed by atoms with Gasteiger partial charge in [-0.3, -0.25) is 4.79 Å². The lowest BCUT2D eigenvalue weighted by atomic mass is 10.2. The first kappa shape index (κ1) is 15.6. The fourth-order valence-corrected chi connectivity index (χ4v) is 1.65. The summed E-state index contributed by atoms with van der Waals surface area (Å²) in [5.74, 6) is -0.198. The fourth-order valence-electron chi connectivity index (χ4n) is 1.32. The summed E-state index contributed by atoms with van der Waals surface area (Å²) < 4.78 is 4.40. The first-order valence-electron chi connectivity index (χ1n) is 5.59. The van der Waals surface area contributed by atoms with Crippen LogP contribution in [0.2, 0.25) is 10.0 Å². The van der Waals surface area contributed by atoms with Crippen molar-refractivity contribution in [3.63, 3.8) is 0 Å². The highest BCUT2D eigenvalue weighted by atomic mass is 35.5. The van der Waals surface area contributed by atoms with Gasteiger partial charge in [-0.2, -0.15) is 0 Å². The summed E-state index contributed by atoms with van der Waals surface area (Å²) >= 11 is 11.7. The lowest BCUT2D eigenvalue weighted by Crippen LogP contribution is -2.25. The zero-order valence-corrected chi connectivity index (χ0v) is 11.8. The van der Waals surface area contributed by atoms with E-state index in [0.29, 0.717) is 28.7 Å². The van der Waals surface area contributed by atoms with Crippen molar-refractivity contribution < 1.29 is 14.3 Å². The number of rotatable bonds is 5. The van der Waals surface area contributed by atoms with Crippen molar-refractivity contribution in [3.05, 3.63) is 28.2 Å². The lowest BCUT2D eigenvalue weighted by Gasteiger charge is -2.08. The number of ether oxygens (including phenoxy) is 1. The molecule has 0 aliphatic heterocycles. The van der Waals surface area contributed by atoms with Gasteiger partial charge in [-0.15, -0.1) is 0 Å². The number of carbonyl (C=O) groups is 2. The van der Waals surface area contributed by atoms with Gasteiger partial charge < -0.3 is 15.4 Å². The summed E-state index contributed by atoms with van der Waals surface area (Å²) in [6.07, 6.45) is 0.240. The number of benzene rings is 1. The number of alkyl carbamates (subject to hydrolysis) is 1. The molecule has 2 amide bonds. The molecule has 1 aromatic carbocycles. The molecule has 1 aromatic rings. The standard InChI is InChI=1S/C12H14Cl2N2O3/c1-19-12(18)15-6-2-3-11(17)16-10-7-8(13)4-5-9(10)14/h4-5,7H,2-3,6H2,1H3,(H,15,18)(H,16,17). The Morgan fingerprint density at radius 1 is 1.32 bits per heavy atom. The van der Waals surface area contributed by atoms with Crippen LogP contribution in [0, 0.1) is 0 Å². The molecule has 2 N–H and O–H groups in total. The highest BCUT2D eigenvalue weighted by Gasteiger charge is 2.07. The second-order valence-corrected chi connectivity index (χ2v) is 4.54. The van der Waals surface area contributed by atoms with Crippen molar-refractivity contribution in [3.8, 4) is 0 Å². The molecule has 0 aliphatic carbocycles. The summed E-state index contributed by atoms with van der Waals surface area (Å²) in [7, 11) is 1.28. The van der Waals surface area contributed by atoms with Gasteiger partial charge in [0.15, 0.2) is 0 Å². The molecular formula is C12H14Cl2N2O3. The van der Waals surface area contributed by atoms with Crippen LogP contribution in [0.3, 0.4) is 0 Å². The van der Waals surface area contributed by atoms with Gasteiger partial charge in [0, 0.05) is 18.0 Å². The van der Waals surface area contributed by atoms with Gasteiger partial charge in [-0.25, -0.2) is 4.79 Å². The molecule has 19 heavy (non-hydrogen) atoms. The zero-order valence-electron chi connectivity index (χ0n) is 10.3. The minimum absolute atomic E-state index is 0.198. The molecule has 0 spiro atoms. The molecular weight excluding hydrogens is 291 g/mol. The number of anilines is 1. The molecule has 0 fully saturated rings. The monoisotopic (exact) mass is 304 g/mol. The highest BCUT2D eigenvalue weighted by molar-refractivity contribution is 6.35. The van der Waals surface area contributed by atoms with Gasteiger partial charge >= 0.3 is 6.09 Å². The van der Waals surface area contributed by atoms with Gasteiger partial charge in [-0.1, -0.05) is 23.2 Å². The van der Waals surface area contributed by atoms with Crippen molar-refractivity contribution in [2.24, 2.45) is 0 Å². The molecule has 1 rings (SSSR count). The first-order chi connectivity index (χ1) is 9.02. The topological polar surface area (TPSA) is 67.4 Å². The molecule has 0 heterocycles. The van der Waals surface area contributed by atoms with E-state index in [9.17, 15) is 9.59 Å². The third-order valence-electron chi connectivity index (χ3n) is 2.24. The van der Waals surface area contributed by atoms with E-state index in [1.807, 2.05) is 0 Å². The van der Waals surface area contributed by atoms with Crippen molar-refractivity contribution in [2.75, 3.05) is 19.0 Å². The summed E-state index contributed by atoms with van der Waals surface area (Å²) in [6, 6.07) is 4.83. The summed E-state index contributed by atoms with van der Waals surface area (Å²) in [5.41, 5.74) is 0.472. The number of hydrogen-bond donors (Lipinski definition) is 2. The number of carbonyl (C=O) groups excluding carboxylic acids is 2. The zero-order chi connectivity index (χ0) is 14.3. The Labute approximate surface area is 121 Å². The molecule has 0 unspecified atom stereocenters. The van der Waals surface area contributed by atoms with E-state index in [2.05, 4.69) is 15.4 Å². The van der Waals surface area contributed by atoms with Crippen molar-refractivity contribution in [1.29, 1.82) is 0 Å². The molecule has 0 saturated heterocycles. The van der Waals surface area contributed by atoms with E-state index in [1.54, 1.807) is 18.2 Å². The maximum atomic E-state index is 11.6. The Morgan fingerprint density at radius 2 is 2.05 bits per heavy atom. The van der Waals surface area contributed by atoms with Crippen LogP contribution in [-0.2, 0) is 9.53 Å². The van der Waals surface area contributed by atoms with Crippen LogP contribution < -0.4 is 10.6 Å². The summed E-state index contributed by atoms with van der Waals surface area (Å²) in [4.78, 5) is 22.4. The highest BCUT2D eigenvalue weighted by Crippen LogP contribution is 2.25. The van der Waals surface area contributed by atoms with Crippen LogP contribution >= 0.6 is 23.2 Å². The molecule has 0 aliphatic rings. The summed E-state index contributed by atoms with van der Waals surface area (Å²) in [6.45, 7) is 0.364. The Bertz CT molecular complexity index is 466. The molecule has 0 atom stereocenters. The SMILES string of the molecule is COC(=O)NCCCC(=O)Nc1cc(Cl)ccc1Cl. The molecule has 104 valence electrons. The molecule has 0 saturated carbocycles. The predicted molar refractivity (Wildman–Crippen MR) is 74.7 cm³/mol. The molecule has 0 aromatic heterocycles. The van der Waals surface area contributed by atoms with Crippen molar-refractivity contribution in [1.82, 2.24) is 5.32 Å². The maximum Gasteiger partial charge on any atom is 0.406 e. The van der Waals surface area contributed by atoms with Gasteiger partial charge in [0.05, 0.1) is 17.8 Å². The Balaban J connectivity index is 2.35. The predicted octanol–water partition coefficient (Wildman–Crippen LogP) is 3.07. The number of amides is 2. The Kier molecular flexibility index (Phi) is 6.45. The van der Waals surface area contributed by atoms with E-state index in [4.69, 9.17) is 23.2 Å². The maximum absolute atomic E-state index is 11.6. The van der Waals surface area contributed by atoms with E-state index in [0.717, 1.165) is 0 Å². The largest absolute Gasteiger partial charge is 0.453 e. The first-order valence-corrected chi connectivity index (χ1v) is 6.35. The number of hydrogen-bond acceptors (Lipinski definition) is 3. The second-order valence-electron chi connectivity index (χ2n) is 3.69. The molecule has 0 radical (unpaired) electrons. The van der Waals surface area contributed by atoms with Crippen LogP contribution in [0.25, 0.3) is 0 Å². The van der Waals surface area contributed by atoms with E-state index < -0.39 is 6.09 Å². The normalized spacial score (nSPS) is 9.84. The van der Waals surface area contributed by atoms with Gasteiger partial charge in [-0.05, 0) is 24.6 Å². The second kappa shape index (κ2) is 7.86. The van der Waals surface area contributed by atoms with E-state index >= 15 is 0 Å². The molecule has 5 nitrogen and oxygen atoms in total.